The van der Waals surface area contributed by atoms with E-state index in [2.05, 4.69) is 15.0 Å². The third-order valence-electron chi connectivity index (χ3n) is 7.65. The summed E-state index contributed by atoms with van der Waals surface area (Å²) in [5.41, 5.74) is 3.86. The van der Waals surface area contributed by atoms with E-state index in [4.69, 9.17) is 4.74 Å². The molecule has 2 aromatic carbocycles. The van der Waals surface area contributed by atoms with E-state index in [-0.39, 0.29) is 23.3 Å². The Morgan fingerprint density at radius 2 is 1.81 bits per heavy atom. The van der Waals surface area contributed by atoms with Crippen molar-refractivity contribution in [1.82, 2.24) is 24.6 Å². The highest BCUT2D eigenvalue weighted by atomic mass is 19.1. The molecule has 4 heterocycles. The third kappa shape index (κ3) is 4.53. The van der Waals surface area contributed by atoms with Gasteiger partial charge in [0.15, 0.2) is 0 Å². The van der Waals surface area contributed by atoms with Crippen LogP contribution in [-0.4, -0.2) is 69.9 Å². The lowest BCUT2D eigenvalue weighted by atomic mass is 10.0. The largest absolute Gasteiger partial charge is 0.381 e. The molecule has 0 aliphatic carbocycles. The fourth-order valence-corrected chi connectivity index (χ4v) is 5.56. The van der Waals surface area contributed by atoms with Crippen molar-refractivity contribution in [3.05, 3.63) is 75.5 Å². The first-order chi connectivity index (χ1) is 18.0. The average Bonchev–Trinajstić information content (AvgIpc) is 3.37. The van der Waals surface area contributed by atoms with Crippen LogP contribution < -0.4 is 5.56 Å². The Balaban J connectivity index is 1.28. The minimum Gasteiger partial charge on any atom is -0.381 e. The van der Waals surface area contributed by atoms with Crippen LogP contribution in [-0.2, 0) is 11.3 Å². The molecular weight excluding hydrogens is 473 g/mol. The maximum Gasteiger partial charge on any atom is 0.259 e. The van der Waals surface area contributed by atoms with Crippen LogP contribution in [0.3, 0.4) is 0 Å². The number of carbonyl (C=O) groups excluding carboxylic acids is 1. The van der Waals surface area contributed by atoms with Crippen LogP contribution in [0.15, 0.2) is 47.4 Å². The van der Waals surface area contributed by atoms with Gasteiger partial charge >= 0.3 is 0 Å². The minimum absolute atomic E-state index is 0.00249. The van der Waals surface area contributed by atoms with E-state index >= 15 is 0 Å². The predicted octanol–water partition coefficient (Wildman–Crippen LogP) is 3.63. The van der Waals surface area contributed by atoms with Crippen molar-refractivity contribution in [2.24, 2.45) is 0 Å². The molecule has 4 aromatic rings. The number of hydrogen-bond donors (Lipinski definition) is 1. The highest BCUT2D eigenvalue weighted by Crippen LogP contribution is 2.30. The lowest BCUT2D eigenvalue weighted by Gasteiger charge is -2.35. The Hall–Kier alpha value is -3.56. The number of halogens is 1. The number of piperazine rings is 1. The molecule has 1 N–H and O–H groups in total. The molecule has 0 atom stereocenters. The smallest absolute Gasteiger partial charge is 0.259 e. The van der Waals surface area contributed by atoms with Gasteiger partial charge in [-0.05, 0) is 55.2 Å². The van der Waals surface area contributed by atoms with Crippen LogP contribution in [0, 0.1) is 12.7 Å². The number of hydrogen-bond acceptors (Lipinski definition) is 5. The number of ether oxygens (including phenoxy) is 1. The molecule has 0 spiro atoms. The number of aryl methyl sites for hydroxylation is 1. The quantitative estimate of drug-likeness (QED) is 0.460. The van der Waals surface area contributed by atoms with Crippen molar-refractivity contribution in [1.29, 1.82) is 0 Å². The SMILES string of the molecule is Cc1cc2[nH]c(=O)c3cnn(C4CCOCC4)c3c2cc1C(=O)N1CCN(Cc2ccc(F)cc2)CC1. The monoisotopic (exact) mass is 503 g/mol. The third-order valence-corrected chi connectivity index (χ3v) is 7.65. The molecule has 8 nitrogen and oxygen atoms in total. The second-order valence-electron chi connectivity index (χ2n) is 10.1. The van der Waals surface area contributed by atoms with Crippen molar-refractivity contribution < 1.29 is 13.9 Å². The Bertz CT molecular complexity index is 1510. The minimum atomic E-state index is -0.234. The fourth-order valence-electron chi connectivity index (χ4n) is 5.56. The maximum absolute atomic E-state index is 13.6. The lowest BCUT2D eigenvalue weighted by molar-refractivity contribution is 0.0628. The van der Waals surface area contributed by atoms with Crippen LogP contribution in [0.1, 0.15) is 40.4 Å². The van der Waals surface area contributed by atoms with E-state index < -0.39 is 0 Å². The standard InChI is InChI=1S/C28H30FN5O3/c1-18-14-25-23(26-24(27(35)31-25)16-30-34(26)21-6-12-37-13-7-21)15-22(18)28(36)33-10-8-32(9-11-33)17-19-2-4-20(29)5-3-19/h2-5,14-16,21H,6-13,17H2,1H3,(H,31,35). The van der Waals surface area contributed by atoms with Gasteiger partial charge in [0.05, 0.1) is 28.7 Å². The van der Waals surface area contributed by atoms with Crippen LogP contribution in [0.25, 0.3) is 21.8 Å². The number of rotatable bonds is 4. The number of amides is 1. The molecule has 2 saturated heterocycles. The van der Waals surface area contributed by atoms with Gasteiger partial charge in [0.2, 0.25) is 0 Å². The first-order valence-electron chi connectivity index (χ1n) is 12.9. The zero-order valence-corrected chi connectivity index (χ0v) is 20.9. The van der Waals surface area contributed by atoms with Gasteiger partial charge in [-0.2, -0.15) is 5.10 Å². The number of carbonyl (C=O) groups is 1. The topological polar surface area (TPSA) is 83.5 Å². The van der Waals surface area contributed by atoms with Crippen molar-refractivity contribution in [2.75, 3.05) is 39.4 Å². The molecule has 0 radical (unpaired) electrons. The van der Waals surface area contributed by atoms with Crippen LogP contribution >= 0.6 is 0 Å². The molecular formula is C28H30FN5O3. The van der Waals surface area contributed by atoms with Crippen LogP contribution in [0.4, 0.5) is 4.39 Å². The number of fused-ring (bicyclic) bond motifs is 3. The molecule has 37 heavy (non-hydrogen) atoms. The van der Waals surface area contributed by atoms with E-state index in [0.717, 1.165) is 54.5 Å². The molecule has 9 heteroatoms. The highest BCUT2D eigenvalue weighted by molar-refractivity contribution is 6.07. The van der Waals surface area contributed by atoms with Gasteiger partial charge in [-0.1, -0.05) is 12.1 Å². The summed E-state index contributed by atoms with van der Waals surface area (Å²) < 4.78 is 20.7. The molecule has 2 aromatic heterocycles. The molecule has 1 amide bonds. The highest BCUT2D eigenvalue weighted by Gasteiger charge is 2.26. The van der Waals surface area contributed by atoms with Crippen molar-refractivity contribution in [3.8, 4) is 0 Å². The maximum atomic E-state index is 13.6. The van der Waals surface area contributed by atoms with E-state index in [1.54, 1.807) is 18.3 Å². The number of nitrogens with zero attached hydrogens (tertiary/aromatic N) is 4. The summed E-state index contributed by atoms with van der Waals surface area (Å²) in [6, 6.07) is 10.6. The van der Waals surface area contributed by atoms with Crippen molar-refractivity contribution in [2.45, 2.75) is 32.4 Å². The summed E-state index contributed by atoms with van der Waals surface area (Å²) in [6.45, 7) is 6.74. The van der Waals surface area contributed by atoms with Gasteiger partial charge in [0.1, 0.15) is 5.82 Å². The van der Waals surface area contributed by atoms with E-state index in [9.17, 15) is 14.0 Å². The average molecular weight is 504 g/mol. The fraction of sp³-hybridized carbons (Fsp3) is 0.393. The Morgan fingerprint density at radius 1 is 1.08 bits per heavy atom. The Kier molecular flexibility index (Phi) is 6.26. The lowest BCUT2D eigenvalue weighted by Crippen LogP contribution is -2.48. The summed E-state index contributed by atoms with van der Waals surface area (Å²) in [5.74, 6) is -0.237. The number of aromatic nitrogens is 3. The summed E-state index contributed by atoms with van der Waals surface area (Å²) in [7, 11) is 0. The van der Waals surface area contributed by atoms with Gasteiger partial charge in [0, 0.05) is 56.9 Å². The van der Waals surface area contributed by atoms with Gasteiger partial charge in [-0.15, -0.1) is 0 Å². The molecule has 2 fully saturated rings. The first-order valence-corrected chi connectivity index (χ1v) is 12.9. The number of H-pyrrole nitrogens is 1. The predicted molar refractivity (Wildman–Crippen MR) is 139 cm³/mol. The summed E-state index contributed by atoms with van der Waals surface area (Å²) in [6.07, 6.45) is 3.31. The number of nitrogens with one attached hydrogen (secondary N) is 1. The van der Waals surface area contributed by atoms with Crippen LogP contribution in [0.2, 0.25) is 0 Å². The van der Waals surface area contributed by atoms with Gasteiger partial charge in [-0.25, -0.2) is 4.39 Å². The molecule has 6 rings (SSSR count). The van der Waals surface area contributed by atoms with Crippen molar-refractivity contribution >= 4 is 27.7 Å². The molecule has 2 aliphatic rings. The van der Waals surface area contributed by atoms with Crippen molar-refractivity contribution in [3.63, 3.8) is 0 Å². The molecule has 0 unspecified atom stereocenters. The molecule has 192 valence electrons. The second kappa shape index (κ2) is 9.72. The van der Waals surface area contributed by atoms with E-state index in [1.807, 2.05) is 28.6 Å². The first kappa shape index (κ1) is 23.8. The number of benzene rings is 2. The summed E-state index contributed by atoms with van der Waals surface area (Å²) in [4.78, 5) is 33.6. The van der Waals surface area contributed by atoms with Crippen LogP contribution in [0.5, 0.6) is 0 Å². The van der Waals surface area contributed by atoms with Gasteiger partial charge in [0.25, 0.3) is 11.5 Å². The second-order valence-corrected chi connectivity index (χ2v) is 10.1. The zero-order chi connectivity index (χ0) is 25.5. The zero-order valence-electron chi connectivity index (χ0n) is 20.9. The molecule has 2 aliphatic heterocycles. The van der Waals surface area contributed by atoms with E-state index in [0.29, 0.717) is 42.8 Å². The normalized spacial score (nSPS) is 17.6. The number of pyridine rings is 1. The molecule has 0 bridgehead atoms. The van der Waals surface area contributed by atoms with Gasteiger partial charge in [-0.3, -0.25) is 19.2 Å². The Morgan fingerprint density at radius 3 is 2.54 bits per heavy atom. The molecule has 0 saturated carbocycles. The summed E-state index contributed by atoms with van der Waals surface area (Å²) >= 11 is 0. The Labute approximate surface area is 213 Å². The summed E-state index contributed by atoms with van der Waals surface area (Å²) in [5, 5.41) is 5.96. The van der Waals surface area contributed by atoms with Gasteiger partial charge < -0.3 is 14.6 Å². The number of aromatic amines is 1. The van der Waals surface area contributed by atoms with E-state index in [1.165, 1.54) is 12.1 Å².